The highest BCUT2D eigenvalue weighted by Crippen LogP contribution is 2.29. The molecule has 0 unspecified atom stereocenters. The third-order valence-corrected chi connectivity index (χ3v) is 3.69. The van der Waals surface area contributed by atoms with Gasteiger partial charge < -0.3 is 9.15 Å². The zero-order chi connectivity index (χ0) is 14.5. The van der Waals surface area contributed by atoms with E-state index in [0.717, 1.165) is 16.6 Å². The zero-order valence-corrected chi connectivity index (χ0v) is 13.9. The van der Waals surface area contributed by atoms with Crippen molar-refractivity contribution in [1.29, 1.82) is 0 Å². The first-order valence-corrected chi connectivity index (χ1v) is 7.73. The zero-order valence-electron chi connectivity index (χ0n) is 11.5. The largest absolute Gasteiger partial charge is 0.492 e. The third-order valence-electron chi connectivity index (χ3n) is 2.90. The number of benzene rings is 1. The fraction of sp³-hybridized carbons (Fsp3) is 0.429. The molecule has 0 saturated heterocycles. The molecule has 1 N–H and O–H groups in total. The summed E-state index contributed by atoms with van der Waals surface area (Å²) in [7, 11) is 0. The minimum absolute atomic E-state index is 0.313. The quantitative estimate of drug-likeness (QED) is 0.605. The van der Waals surface area contributed by atoms with Gasteiger partial charge in [-0.1, -0.05) is 19.9 Å². The monoisotopic (exact) mass is 356 g/mol. The van der Waals surface area contributed by atoms with E-state index in [4.69, 9.17) is 21.4 Å². The van der Waals surface area contributed by atoms with E-state index in [9.17, 15) is 0 Å². The summed E-state index contributed by atoms with van der Waals surface area (Å²) in [6.07, 6.45) is 1.52. The van der Waals surface area contributed by atoms with Crippen LogP contribution in [0, 0.1) is 4.84 Å². The lowest BCUT2D eigenvalue weighted by Gasteiger charge is -2.11. The molecule has 1 heterocycles. The molecule has 0 aliphatic rings. The molecule has 4 nitrogen and oxygen atoms in total. The molecule has 20 heavy (non-hydrogen) atoms. The predicted octanol–water partition coefficient (Wildman–Crippen LogP) is 4.63. The van der Waals surface area contributed by atoms with Gasteiger partial charge in [0.2, 0.25) is 5.89 Å². The standard InChI is InChI=1S/C14H17BrN2O2S/c1-9(2)10-5-6-12(11(15)8-10)18-7-3-4-13-16-17-14(20)19-13/h5-6,8-9H,3-4,7H2,1-2H3,(H,17,20). The molecule has 6 heteroatoms. The summed E-state index contributed by atoms with van der Waals surface area (Å²) in [6, 6.07) is 6.20. The Bertz CT molecular complexity index is 622. The van der Waals surface area contributed by atoms with Gasteiger partial charge in [0.15, 0.2) is 0 Å². The van der Waals surface area contributed by atoms with Gasteiger partial charge in [-0.15, -0.1) is 5.10 Å². The molecule has 0 bridgehead atoms. The first kappa shape index (κ1) is 15.3. The first-order valence-electron chi connectivity index (χ1n) is 6.53. The van der Waals surface area contributed by atoms with Gasteiger partial charge in [-0.3, -0.25) is 0 Å². The van der Waals surface area contributed by atoms with Gasteiger partial charge in [-0.25, -0.2) is 5.10 Å². The van der Waals surface area contributed by atoms with Crippen LogP contribution >= 0.6 is 28.1 Å². The molecule has 2 aromatic rings. The average molecular weight is 357 g/mol. The molecule has 0 fully saturated rings. The maximum absolute atomic E-state index is 5.75. The highest BCUT2D eigenvalue weighted by molar-refractivity contribution is 9.10. The summed E-state index contributed by atoms with van der Waals surface area (Å²) >= 11 is 8.36. The molecule has 108 valence electrons. The second kappa shape index (κ2) is 7.04. The van der Waals surface area contributed by atoms with E-state index in [1.165, 1.54) is 5.56 Å². The molecule has 0 aliphatic carbocycles. The number of hydrogen-bond acceptors (Lipinski definition) is 4. The second-order valence-corrected chi connectivity index (χ2v) is 6.03. The molecular formula is C14H17BrN2O2S. The Morgan fingerprint density at radius 1 is 1.45 bits per heavy atom. The highest BCUT2D eigenvalue weighted by atomic mass is 79.9. The van der Waals surface area contributed by atoms with Crippen LogP contribution in [0.4, 0.5) is 0 Å². The van der Waals surface area contributed by atoms with E-state index >= 15 is 0 Å². The van der Waals surface area contributed by atoms with Crippen molar-refractivity contribution in [3.8, 4) is 5.75 Å². The van der Waals surface area contributed by atoms with Crippen molar-refractivity contribution in [1.82, 2.24) is 10.2 Å². The third kappa shape index (κ3) is 4.18. The lowest BCUT2D eigenvalue weighted by atomic mass is 10.0. The van der Waals surface area contributed by atoms with Gasteiger partial charge in [0, 0.05) is 6.42 Å². The van der Waals surface area contributed by atoms with Crippen molar-refractivity contribution in [3.05, 3.63) is 39.0 Å². The Labute approximate surface area is 131 Å². The van der Waals surface area contributed by atoms with Crippen LogP contribution in [0.5, 0.6) is 5.75 Å². The van der Waals surface area contributed by atoms with E-state index in [2.05, 4.69) is 52.1 Å². The van der Waals surface area contributed by atoms with Gasteiger partial charge in [0.05, 0.1) is 11.1 Å². The molecule has 0 aliphatic heterocycles. The fourth-order valence-corrected chi connectivity index (χ4v) is 2.42. The molecule has 0 radical (unpaired) electrons. The number of aromatic nitrogens is 2. The van der Waals surface area contributed by atoms with E-state index in [0.29, 0.717) is 29.7 Å². The molecule has 0 saturated carbocycles. The summed E-state index contributed by atoms with van der Waals surface area (Å²) in [4.78, 5) is 0.313. The summed E-state index contributed by atoms with van der Waals surface area (Å²) in [6.45, 7) is 4.95. The van der Waals surface area contributed by atoms with Crippen LogP contribution < -0.4 is 4.74 Å². The molecule has 0 amide bonds. The number of H-pyrrole nitrogens is 1. The number of nitrogens with zero attached hydrogens (tertiary/aromatic N) is 1. The maximum Gasteiger partial charge on any atom is 0.284 e. The van der Waals surface area contributed by atoms with Crippen LogP contribution in [0.2, 0.25) is 0 Å². The topological polar surface area (TPSA) is 51.0 Å². The summed E-state index contributed by atoms with van der Waals surface area (Å²) in [5, 5.41) is 6.55. The molecule has 2 rings (SSSR count). The van der Waals surface area contributed by atoms with Crippen LogP contribution in [0.15, 0.2) is 27.1 Å². The lowest BCUT2D eigenvalue weighted by molar-refractivity contribution is 0.302. The normalized spacial score (nSPS) is 11.0. The average Bonchev–Trinajstić information content (AvgIpc) is 2.81. The summed E-state index contributed by atoms with van der Waals surface area (Å²) in [5.41, 5.74) is 1.29. The highest BCUT2D eigenvalue weighted by Gasteiger charge is 2.06. The number of hydrogen-bond donors (Lipinski definition) is 1. The predicted molar refractivity (Wildman–Crippen MR) is 83.7 cm³/mol. The van der Waals surface area contributed by atoms with Gasteiger partial charge in [-0.05, 0) is 58.2 Å². The Morgan fingerprint density at radius 3 is 2.85 bits per heavy atom. The van der Waals surface area contributed by atoms with Crippen LogP contribution in [0.1, 0.15) is 37.6 Å². The molecule has 0 spiro atoms. The smallest absolute Gasteiger partial charge is 0.284 e. The van der Waals surface area contributed by atoms with Crippen molar-refractivity contribution in [2.75, 3.05) is 6.61 Å². The number of rotatable bonds is 6. The van der Waals surface area contributed by atoms with Crippen molar-refractivity contribution < 1.29 is 9.15 Å². The number of ether oxygens (including phenoxy) is 1. The van der Waals surface area contributed by atoms with Crippen molar-refractivity contribution in [2.24, 2.45) is 0 Å². The van der Waals surface area contributed by atoms with E-state index < -0.39 is 0 Å². The van der Waals surface area contributed by atoms with Crippen LogP contribution in [-0.4, -0.2) is 16.8 Å². The van der Waals surface area contributed by atoms with E-state index in [1.807, 2.05) is 6.07 Å². The minimum Gasteiger partial charge on any atom is -0.492 e. The number of halogens is 1. The summed E-state index contributed by atoms with van der Waals surface area (Å²) in [5.74, 6) is 1.99. The van der Waals surface area contributed by atoms with Crippen molar-refractivity contribution >= 4 is 28.1 Å². The van der Waals surface area contributed by atoms with Crippen LogP contribution in [0.3, 0.4) is 0 Å². The van der Waals surface area contributed by atoms with Crippen LogP contribution in [-0.2, 0) is 6.42 Å². The van der Waals surface area contributed by atoms with Gasteiger partial charge in [0.25, 0.3) is 4.84 Å². The van der Waals surface area contributed by atoms with E-state index in [1.54, 1.807) is 0 Å². The second-order valence-electron chi connectivity index (χ2n) is 4.80. The number of aromatic amines is 1. The molecule has 0 atom stereocenters. The van der Waals surface area contributed by atoms with Gasteiger partial charge in [0.1, 0.15) is 5.75 Å². The Morgan fingerprint density at radius 2 is 2.25 bits per heavy atom. The number of aryl methyl sites for hydroxylation is 1. The van der Waals surface area contributed by atoms with Crippen LogP contribution in [0.25, 0.3) is 0 Å². The maximum atomic E-state index is 5.75. The van der Waals surface area contributed by atoms with Gasteiger partial charge >= 0.3 is 0 Å². The van der Waals surface area contributed by atoms with Gasteiger partial charge in [-0.2, -0.15) is 0 Å². The SMILES string of the molecule is CC(C)c1ccc(OCCCc2n[nH]c(=S)o2)c(Br)c1. The Balaban J connectivity index is 1.83. The lowest BCUT2D eigenvalue weighted by Crippen LogP contribution is -2.00. The molecular weight excluding hydrogens is 340 g/mol. The van der Waals surface area contributed by atoms with Crippen molar-refractivity contribution in [3.63, 3.8) is 0 Å². The first-order chi connectivity index (χ1) is 9.56. The number of nitrogens with one attached hydrogen (secondary N) is 1. The van der Waals surface area contributed by atoms with E-state index in [-0.39, 0.29) is 0 Å². The fourth-order valence-electron chi connectivity index (χ4n) is 1.77. The van der Waals surface area contributed by atoms with Crippen molar-refractivity contribution in [2.45, 2.75) is 32.6 Å². The summed E-state index contributed by atoms with van der Waals surface area (Å²) < 4.78 is 11.9. The Hall–Kier alpha value is -1.14. The minimum atomic E-state index is 0.313. The Kier molecular flexibility index (Phi) is 5.37. The molecule has 1 aromatic carbocycles. The molecule has 1 aromatic heterocycles.